The summed E-state index contributed by atoms with van der Waals surface area (Å²) in [4.78, 5) is 9.83. The maximum absolute atomic E-state index is 13.7. The molecule has 0 saturated carbocycles. The summed E-state index contributed by atoms with van der Waals surface area (Å²) in [7, 11) is -4.30. The number of sulfonamides is 1. The van der Waals surface area contributed by atoms with E-state index in [1.54, 1.807) is 0 Å². The third-order valence-electron chi connectivity index (χ3n) is 2.83. The van der Waals surface area contributed by atoms with Crippen molar-refractivity contribution < 1.29 is 31.8 Å². The fourth-order valence-corrected chi connectivity index (χ4v) is 3.31. The molecular weight excluding hydrogens is 296 g/mol. The summed E-state index contributed by atoms with van der Waals surface area (Å²) in [6.45, 7) is 0.283. The van der Waals surface area contributed by atoms with Crippen molar-refractivity contribution in [1.29, 1.82) is 0 Å². The molecule has 9 heteroatoms. The van der Waals surface area contributed by atoms with Crippen molar-refractivity contribution in [3.8, 4) is 0 Å². The number of aromatic carboxylic acids is 1. The summed E-state index contributed by atoms with van der Waals surface area (Å²) in [6, 6.07) is 1.06. The Morgan fingerprint density at radius 1 is 1.25 bits per heavy atom. The van der Waals surface area contributed by atoms with Crippen LogP contribution in [0.1, 0.15) is 10.4 Å². The molecule has 1 aromatic rings. The standard InChI is InChI=1S/C11H11F2NO5S/c12-8-5-7(11(15)16)6-9(10(8)13)20(17,18)14-1-3-19-4-2-14/h5-6H,1-4H2,(H,15,16). The number of ether oxygens (including phenoxy) is 1. The number of rotatable bonds is 3. The average molecular weight is 307 g/mol. The zero-order valence-corrected chi connectivity index (χ0v) is 11.0. The molecule has 0 spiro atoms. The zero-order chi connectivity index (χ0) is 14.9. The van der Waals surface area contributed by atoms with Crippen LogP contribution in [0.4, 0.5) is 8.78 Å². The molecule has 1 heterocycles. The third kappa shape index (κ3) is 2.65. The van der Waals surface area contributed by atoms with Crippen LogP contribution >= 0.6 is 0 Å². The number of hydrogen-bond acceptors (Lipinski definition) is 4. The quantitative estimate of drug-likeness (QED) is 0.888. The Kier molecular flexibility index (Phi) is 4.02. The van der Waals surface area contributed by atoms with Gasteiger partial charge in [0.05, 0.1) is 18.8 Å². The van der Waals surface area contributed by atoms with Gasteiger partial charge in [-0.3, -0.25) is 0 Å². The Bertz CT molecular complexity index is 640. The Morgan fingerprint density at radius 2 is 1.85 bits per heavy atom. The molecular formula is C11H11F2NO5S. The smallest absolute Gasteiger partial charge is 0.335 e. The minimum absolute atomic E-state index is 0.000686. The molecule has 1 aliphatic rings. The van der Waals surface area contributed by atoms with Gasteiger partial charge in [0.2, 0.25) is 10.0 Å². The predicted molar refractivity (Wildman–Crippen MR) is 62.9 cm³/mol. The van der Waals surface area contributed by atoms with Crippen molar-refractivity contribution in [3.05, 3.63) is 29.3 Å². The lowest BCUT2D eigenvalue weighted by atomic mass is 10.2. The summed E-state index contributed by atoms with van der Waals surface area (Å²) in [5.41, 5.74) is -0.629. The number of carboxylic acid groups (broad SMARTS) is 1. The van der Waals surface area contributed by atoms with Gasteiger partial charge in [0.1, 0.15) is 4.90 Å². The summed E-state index contributed by atoms with van der Waals surface area (Å²) in [5.74, 6) is -4.64. The minimum Gasteiger partial charge on any atom is -0.478 e. The maximum atomic E-state index is 13.7. The molecule has 1 N–H and O–H groups in total. The highest BCUT2D eigenvalue weighted by atomic mass is 32.2. The van der Waals surface area contributed by atoms with Gasteiger partial charge >= 0.3 is 5.97 Å². The molecule has 0 atom stereocenters. The molecule has 0 radical (unpaired) electrons. The SMILES string of the molecule is O=C(O)c1cc(F)c(F)c(S(=O)(=O)N2CCOCC2)c1. The molecule has 2 rings (SSSR count). The van der Waals surface area contributed by atoms with Gasteiger partial charge < -0.3 is 9.84 Å². The van der Waals surface area contributed by atoms with E-state index in [2.05, 4.69) is 0 Å². The number of nitrogens with zero attached hydrogens (tertiary/aromatic N) is 1. The molecule has 6 nitrogen and oxygen atoms in total. The first-order chi connectivity index (χ1) is 9.34. The summed E-state index contributed by atoms with van der Waals surface area (Å²) in [6.07, 6.45) is 0. The molecule has 1 fully saturated rings. The van der Waals surface area contributed by atoms with Crippen molar-refractivity contribution >= 4 is 16.0 Å². The number of halogens is 2. The van der Waals surface area contributed by atoms with Gasteiger partial charge in [-0.25, -0.2) is 22.0 Å². The van der Waals surface area contributed by atoms with Crippen LogP contribution in [0.25, 0.3) is 0 Å². The summed E-state index contributed by atoms with van der Waals surface area (Å²) < 4.78 is 57.4. The van der Waals surface area contributed by atoms with Crippen LogP contribution < -0.4 is 0 Å². The minimum atomic E-state index is -4.30. The van der Waals surface area contributed by atoms with Crippen LogP contribution in [0.3, 0.4) is 0 Å². The highest BCUT2D eigenvalue weighted by Crippen LogP contribution is 2.24. The van der Waals surface area contributed by atoms with Crippen LogP contribution in [0, 0.1) is 11.6 Å². The highest BCUT2D eigenvalue weighted by Gasteiger charge is 2.31. The van der Waals surface area contributed by atoms with Gasteiger partial charge in [-0.05, 0) is 12.1 Å². The second-order valence-corrected chi connectivity index (χ2v) is 6.00. The van der Waals surface area contributed by atoms with Crippen molar-refractivity contribution in [3.63, 3.8) is 0 Å². The molecule has 0 aliphatic carbocycles. The molecule has 1 aliphatic heterocycles. The van der Waals surface area contributed by atoms with Crippen LogP contribution in [-0.2, 0) is 14.8 Å². The number of morpholine rings is 1. The van der Waals surface area contributed by atoms with E-state index in [0.29, 0.717) is 12.1 Å². The van der Waals surface area contributed by atoms with E-state index in [1.165, 1.54) is 0 Å². The van der Waals surface area contributed by atoms with E-state index in [9.17, 15) is 22.0 Å². The van der Waals surface area contributed by atoms with E-state index < -0.39 is 38.1 Å². The number of hydrogen-bond donors (Lipinski definition) is 1. The first-order valence-electron chi connectivity index (χ1n) is 5.64. The lowest BCUT2D eigenvalue weighted by Gasteiger charge is -2.26. The first kappa shape index (κ1) is 14.8. The van der Waals surface area contributed by atoms with Gasteiger partial charge in [0.15, 0.2) is 11.6 Å². The lowest BCUT2D eigenvalue weighted by Crippen LogP contribution is -2.41. The number of carbonyl (C=O) groups is 1. The fraction of sp³-hybridized carbons (Fsp3) is 0.364. The normalized spacial score (nSPS) is 17.1. The monoisotopic (exact) mass is 307 g/mol. The predicted octanol–water partition coefficient (Wildman–Crippen LogP) is 0.684. The highest BCUT2D eigenvalue weighted by molar-refractivity contribution is 7.89. The topological polar surface area (TPSA) is 83.9 Å². The van der Waals surface area contributed by atoms with Gasteiger partial charge in [-0.2, -0.15) is 4.31 Å². The van der Waals surface area contributed by atoms with Crippen molar-refractivity contribution in [2.75, 3.05) is 26.3 Å². The van der Waals surface area contributed by atoms with E-state index in [0.717, 1.165) is 4.31 Å². The molecule has 1 saturated heterocycles. The summed E-state index contributed by atoms with van der Waals surface area (Å²) >= 11 is 0. The molecule has 0 bridgehead atoms. The van der Waals surface area contributed by atoms with E-state index in [-0.39, 0.29) is 26.3 Å². The first-order valence-corrected chi connectivity index (χ1v) is 7.08. The summed E-state index contributed by atoms with van der Waals surface area (Å²) in [5, 5.41) is 8.78. The van der Waals surface area contributed by atoms with E-state index in [4.69, 9.17) is 9.84 Å². The molecule has 0 amide bonds. The van der Waals surface area contributed by atoms with Crippen LogP contribution in [0.2, 0.25) is 0 Å². The van der Waals surface area contributed by atoms with Gasteiger partial charge in [0, 0.05) is 13.1 Å². The van der Waals surface area contributed by atoms with Crippen LogP contribution in [-0.4, -0.2) is 50.1 Å². The third-order valence-corrected chi connectivity index (χ3v) is 4.73. The Balaban J connectivity index is 2.52. The van der Waals surface area contributed by atoms with Gasteiger partial charge in [0.25, 0.3) is 0 Å². The zero-order valence-electron chi connectivity index (χ0n) is 10.2. The lowest BCUT2D eigenvalue weighted by molar-refractivity contribution is 0.0695. The number of carboxylic acids is 1. The number of benzene rings is 1. The second kappa shape index (κ2) is 5.43. The van der Waals surface area contributed by atoms with Gasteiger partial charge in [-0.1, -0.05) is 0 Å². The fourth-order valence-electron chi connectivity index (χ4n) is 1.80. The van der Waals surface area contributed by atoms with Crippen molar-refractivity contribution in [2.24, 2.45) is 0 Å². The van der Waals surface area contributed by atoms with E-state index >= 15 is 0 Å². The largest absolute Gasteiger partial charge is 0.478 e. The maximum Gasteiger partial charge on any atom is 0.335 e. The van der Waals surface area contributed by atoms with Crippen LogP contribution in [0.5, 0.6) is 0 Å². The molecule has 110 valence electrons. The Hall–Kier alpha value is -1.58. The second-order valence-electron chi connectivity index (χ2n) is 4.09. The Labute approximate surface area is 113 Å². The Morgan fingerprint density at radius 3 is 2.40 bits per heavy atom. The van der Waals surface area contributed by atoms with Crippen molar-refractivity contribution in [2.45, 2.75) is 4.90 Å². The van der Waals surface area contributed by atoms with Crippen LogP contribution in [0.15, 0.2) is 17.0 Å². The molecule has 1 aromatic carbocycles. The average Bonchev–Trinajstić information content (AvgIpc) is 2.42. The molecule has 0 unspecified atom stereocenters. The van der Waals surface area contributed by atoms with Crippen molar-refractivity contribution in [1.82, 2.24) is 4.31 Å². The van der Waals surface area contributed by atoms with E-state index in [1.807, 2.05) is 0 Å². The molecule has 0 aromatic heterocycles. The van der Waals surface area contributed by atoms with Gasteiger partial charge in [-0.15, -0.1) is 0 Å². The molecule has 20 heavy (non-hydrogen) atoms.